The maximum absolute atomic E-state index is 13.0. The summed E-state index contributed by atoms with van der Waals surface area (Å²) in [5.41, 5.74) is 6.64. The lowest BCUT2D eigenvalue weighted by Gasteiger charge is -2.17. The SMILES string of the molecule is CCOc1cc(NC(=O)C(CN)c2ccccc2)ccc1S(=O)(=O)Nc1cccc(OC(F)(F)F)c1. The molecule has 192 valence electrons. The minimum atomic E-state index is -4.93. The maximum atomic E-state index is 13.0. The number of anilines is 2. The molecule has 3 aromatic rings. The first-order chi connectivity index (χ1) is 17.0. The molecule has 1 unspecified atom stereocenters. The smallest absolute Gasteiger partial charge is 0.492 e. The molecule has 0 aromatic heterocycles. The van der Waals surface area contributed by atoms with Gasteiger partial charge in [0.25, 0.3) is 10.0 Å². The quantitative estimate of drug-likeness (QED) is 0.361. The zero-order chi connectivity index (χ0) is 26.3. The molecular weight excluding hydrogens is 499 g/mol. The van der Waals surface area contributed by atoms with Crippen LogP contribution in [0.5, 0.6) is 11.5 Å². The highest BCUT2D eigenvalue weighted by Gasteiger charge is 2.31. The van der Waals surface area contributed by atoms with Crippen LogP contribution < -0.4 is 25.2 Å². The van der Waals surface area contributed by atoms with Crippen molar-refractivity contribution in [2.45, 2.75) is 24.1 Å². The summed E-state index contributed by atoms with van der Waals surface area (Å²) in [6.45, 7) is 1.82. The Morgan fingerprint density at radius 1 is 1.00 bits per heavy atom. The predicted molar refractivity (Wildman–Crippen MR) is 128 cm³/mol. The van der Waals surface area contributed by atoms with Crippen molar-refractivity contribution in [2.24, 2.45) is 5.73 Å². The van der Waals surface area contributed by atoms with Crippen molar-refractivity contribution in [3.05, 3.63) is 78.4 Å². The molecular formula is C24H24F3N3O5S. The van der Waals surface area contributed by atoms with Crippen LogP contribution in [-0.2, 0) is 14.8 Å². The van der Waals surface area contributed by atoms with E-state index in [0.717, 1.165) is 17.7 Å². The number of ether oxygens (including phenoxy) is 2. The number of hydrogen-bond acceptors (Lipinski definition) is 6. The second kappa shape index (κ2) is 11.3. The molecule has 3 aromatic carbocycles. The van der Waals surface area contributed by atoms with Crippen molar-refractivity contribution in [1.29, 1.82) is 0 Å². The van der Waals surface area contributed by atoms with E-state index in [1.54, 1.807) is 31.2 Å². The molecule has 0 saturated heterocycles. The van der Waals surface area contributed by atoms with E-state index in [0.29, 0.717) is 0 Å². The number of amides is 1. The van der Waals surface area contributed by atoms with Gasteiger partial charge in [0.2, 0.25) is 5.91 Å². The number of carbonyl (C=O) groups is 1. The van der Waals surface area contributed by atoms with Crippen LogP contribution in [-0.4, -0.2) is 33.8 Å². The number of carbonyl (C=O) groups excluding carboxylic acids is 1. The third-order valence-electron chi connectivity index (χ3n) is 4.87. The Balaban J connectivity index is 1.84. The summed E-state index contributed by atoms with van der Waals surface area (Å²) in [4.78, 5) is 12.5. The molecule has 0 fully saturated rings. The van der Waals surface area contributed by atoms with Gasteiger partial charge in [-0.3, -0.25) is 9.52 Å². The van der Waals surface area contributed by atoms with Crippen LogP contribution in [0.3, 0.4) is 0 Å². The van der Waals surface area contributed by atoms with Gasteiger partial charge >= 0.3 is 6.36 Å². The molecule has 3 rings (SSSR count). The Hall–Kier alpha value is -3.77. The Kier molecular flexibility index (Phi) is 8.43. The zero-order valence-electron chi connectivity index (χ0n) is 19.1. The molecule has 1 amide bonds. The van der Waals surface area contributed by atoms with Crippen LogP contribution in [0.2, 0.25) is 0 Å². The van der Waals surface area contributed by atoms with Crippen molar-refractivity contribution >= 4 is 27.3 Å². The summed E-state index contributed by atoms with van der Waals surface area (Å²) in [6.07, 6.45) is -4.93. The van der Waals surface area contributed by atoms with Gasteiger partial charge in [-0.25, -0.2) is 8.42 Å². The minimum absolute atomic E-state index is 0.0572. The molecule has 0 radical (unpaired) electrons. The summed E-state index contributed by atoms with van der Waals surface area (Å²) in [5, 5.41) is 2.71. The number of nitrogens with two attached hydrogens (primary N) is 1. The first kappa shape index (κ1) is 26.8. The standard InChI is InChI=1S/C24H24F3N3O5S/c1-2-34-21-14-17(29-23(31)20(15-28)16-7-4-3-5-8-16)11-12-22(21)36(32,33)30-18-9-6-10-19(13-18)35-24(25,26)27/h3-14,20,30H,2,15,28H2,1H3,(H,29,31). The molecule has 0 saturated carbocycles. The van der Waals surface area contributed by atoms with Gasteiger partial charge in [-0.15, -0.1) is 13.2 Å². The zero-order valence-corrected chi connectivity index (χ0v) is 19.9. The topological polar surface area (TPSA) is 120 Å². The van der Waals surface area contributed by atoms with E-state index in [1.165, 1.54) is 30.3 Å². The normalized spacial score (nSPS) is 12.5. The molecule has 0 aliphatic rings. The maximum Gasteiger partial charge on any atom is 0.573 e. The van der Waals surface area contributed by atoms with Gasteiger partial charge in [0, 0.05) is 24.4 Å². The van der Waals surface area contributed by atoms with E-state index in [-0.39, 0.29) is 41.1 Å². The van der Waals surface area contributed by atoms with Gasteiger partial charge in [0.1, 0.15) is 16.4 Å². The molecule has 8 nitrogen and oxygen atoms in total. The lowest BCUT2D eigenvalue weighted by Crippen LogP contribution is -2.27. The summed E-state index contributed by atoms with van der Waals surface area (Å²) >= 11 is 0. The summed E-state index contributed by atoms with van der Waals surface area (Å²) in [5.74, 6) is -1.66. The average Bonchev–Trinajstić information content (AvgIpc) is 2.79. The van der Waals surface area contributed by atoms with Crippen molar-refractivity contribution in [3.8, 4) is 11.5 Å². The van der Waals surface area contributed by atoms with Crippen LogP contribution in [0.25, 0.3) is 0 Å². The minimum Gasteiger partial charge on any atom is -0.492 e. The van der Waals surface area contributed by atoms with Crippen LogP contribution in [0.4, 0.5) is 24.5 Å². The monoisotopic (exact) mass is 523 g/mol. The first-order valence-corrected chi connectivity index (χ1v) is 12.2. The van der Waals surface area contributed by atoms with E-state index in [4.69, 9.17) is 10.5 Å². The number of nitrogens with one attached hydrogen (secondary N) is 2. The summed E-state index contributed by atoms with van der Waals surface area (Å²) in [7, 11) is -4.28. The van der Waals surface area contributed by atoms with E-state index < -0.39 is 28.1 Å². The van der Waals surface area contributed by atoms with Gasteiger partial charge in [-0.1, -0.05) is 36.4 Å². The largest absolute Gasteiger partial charge is 0.573 e. The molecule has 36 heavy (non-hydrogen) atoms. The molecule has 4 N–H and O–H groups in total. The van der Waals surface area contributed by atoms with Gasteiger partial charge in [-0.05, 0) is 36.8 Å². The fourth-order valence-electron chi connectivity index (χ4n) is 3.35. The fourth-order valence-corrected chi connectivity index (χ4v) is 4.53. The Morgan fingerprint density at radius 2 is 1.72 bits per heavy atom. The predicted octanol–water partition coefficient (Wildman–Crippen LogP) is 4.47. The number of hydrogen-bond donors (Lipinski definition) is 3. The summed E-state index contributed by atoms with van der Waals surface area (Å²) < 4.78 is 75.0. The van der Waals surface area contributed by atoms with Crippen molar-refractivity contribution in [1.82, 2.24) is 0 Å². The van der Waals surface area contributed by atoms with Gasteiger partial charge < -0.3 is 20.5 Å². The number of benzene rings is 3. The van der Waals surface area contributed by atoms with Crippen LogP contribution in [0, 0.1) is 0 Å². The van der Waals surface area contributed by atoms with Crippen molar-refractivity contribution in [3.63, 3.8) is 0 Å². The van der Waals surface area contributed by atoms with Gasteiger partial charge in [0.15, 0.2) is 0 Å². The number of alkyl halides is 3. The lowest BCUT2D eigenvalue weighted by molar-refractivity contribution is -0.274. The Morgan fingerprint density at radius 3 is 2.36 bits per heavy atom. The molecule has 0 heterocycles. The molecule has 0 spiro atoms. The van der Waals surface area contributed by atoms with E-state index >= 15 is 0 Å². The summed E-state index contributed by atoms with van der Waals surface area (Å²) in [6, 6.07) is 17.3. The number of sulfonamides is 1. The Bertz CT molecular complexity index is 1300. The van der Waals surface area contributed by atoms with Crippen LogP contribution in [0.1, 0.15) is 18.4 Å². The van der Waals surface area contributed by atoms with Crippen molar-refractivity contribution in [2.75, 3.05) is 23.2 Å². The van der Waals surface area contributed by atoms with E-state index in [1.807, 2.05) is 6.07 Å². The molecule has 0 aliphatic carbocycles. The first-order valence-electron chi connectivity index (χ1n) is 10.7. The molecule has 1 atom stereocenters. The molecule has 12 heteroatoms. The third kappa shape index (κ3) is 7.12. The fraction of sp³-hybridized carbons (Fsp3) is 0.208. The van der Waals surface area contributed by atoms with Gasteiger partial charge in [-0.2, -0.15) is 0 Å². The average molecular weight is 524 g/mol. The van der Waals surface area contributed by atoms with Crippen LogP contribution >= 0.6 is 0 Å². The van der Waals surface area contributed by atoms with Gasteiger partial charge in [0.05, 0.1) is 18.2 Å². The van der Waals surface area contributed by atoms with Crippen LogP contribution in [0.15, 0.2) is 77.7 Å². The third-order valence-corrected chi connectivity index (χ3v) is 6.30. The lowest BCUT2D eigenvalue weighted by atomic mass is 9.98. The Labute approximate surface area is 206 Å². The van der Waals surface area contributed by atoms with E-state index in [9.17, 15) is 26.4 Å². The highest BCUT2D eigenvalue weighted by atomic mass is 32.2. The highest BCUT2D eigenvalue weighted by molar-refractivity contribution is 7.92. The second-order valence-electron chi connectivity index (χ2n) is 7.46. The molecule has 0 aliphatic heterocycles. The number of halogens is 3. The number of rotatable bonds is 10. The second-order valence-corrected chi connectivity index (χ2v) is 9.11. The van der Waals surface area contributed by atoms with Crippen molar-refractivity contribution < 1.29 is 35.9 Å². The molecule has 0 bridgehead atoms. The highest BCUT2D eigenvalue weighted by Crippen LogP contribution is 2.31. The van der Waals surface area contributed by atoms with E-state index in [2.05, 4.69) is 14.8 Å².